The van der Waals surface area contributed by atoms with Crippen LogP contribution in [0.25, 0.3) is 0 Å². The van der Waals surface area contributed by atoms with E-state index in [1.807, 2.05) is 30.9 Å². The van der Waals surface area contributed by atoms with Gasteiger partial charge in [-0.25, -0.2) is 4.98 Å². The number of methoxy groups -OCH3 is 1. The third-order valence-electron chi connectivity index (χ3n) is 3.68. The molecule has 22 heavy (non-hydrogen) atoms. The van der Waals surface area contributed by atoms with Crippen molar-refractivity contribution in [1.82, 2.24) is 9.88 Å². The van der Waals surface area contributed by atoms with Crippen molar-refractivity contribution in [2.24, 2.45) is 5.92 Å². The van der Waals surface area contributed by atoms with Crippen molar-refractivity contribution in [1.29, 1.82) is 0 Å². The summed E-state index contributed by atoms with van der Waals surface area (Å²) in [5, 5.41) is 0. The van der Waals surface area contributed by atoms with Gasteiger partial charge in [-0.15, -0.1) is 0 Å². The van der Waals surface area contributed by atoms with Crippen LogP contribution in [0.3, 0.4) is 0 Å². The summed E-state index contributed by atoms with van der Waals surface area (Å²) in [6.45, 7) is 7.93. The second-order valence-electron chi connectivity index (χ2n) is 5.63. The highest BCUT2D eigenvalue weighted by atomic mass is 16.5. The first kappa shape index (κ1) is 16.5. The Morgan fingerprint density at radius 3 is 2.64 bits per heavy atom. The number of pyridine rings is 1. The Morgan fingerprint density at radius 2 is 2.00 bits per heavy atom. The first-order valence-electron chi connectivity index (χ1n) is 7.74. The van der Waals surface area contributed by atoms with Gasteiger partial charge >= 0.3 is 0 Å². The number of ether oxygens (including phenoxy) is 2. The van der Waals surface area contributed by atoms with E-state index < -0.39 is 0 Å². The maximum absolute atomic E-state index is 12.0. The minimum absolute atomic E-state index is 0.0503. The highest BCUT2D eigenvalue weighted by molar-refractivity contribution is 5.78. The fourth-order valence-corrected chi connectivity index (χ4v) is 2.47. The molecule has 1 aliphatic heterocycles. The molecule has 6 nitrogen and oxygen atoms in total. The lowest BCUT2D eigenvalue weighted by Crippen LogP contribution is -2.50. The molecule has 1 aliphatic rings. The Labute approximate surface area is 132 Å². The SMILES string of the molecule is COCCOc1cccnc1N1CCN(C(=O)C(C)C)CC1. The molecule has 1 aromatic heterocycles. The maximum atomic E-state index is 12.0. The van der Waals surface area contributed by atoms with E-state index in [1.165, 1.54) is 0 Å². The molecule has 0 aromatic carbocycles. The molecule has 0 bridgehead atoms. The van der Waals surface area contributed by atoms with Gasteiger partial charge in [-0.1, -0.05) is 13.8 Å². The first-order valence-corrected chi connectivity index (χ1v) is 7.74. The van der Waals surface area contributed by atoms with Crippen molar-refractivity contribution in [2.45, 2.75) is 13.8 Å². The Morgan fingerprint density at radius 1 is 1.27 bits per heavy atom. The number of carbonyl (C=O) groups is 1. The minimum atomic E-state index is 0.0503. The second kappa shape index (κ2) is 7.98. The predicted octanol–water partition coefficient (Wildman–Crippen LogP) is 1.41. The van der Waals surface area contributed by atoms with Crippen LogP contribution in [-0.4, -0.2) is 62.3 Å². The molecule has 2 heterocycles. The zero-order valence-corrected chi connectivity index (χ0v) is 13.6. The molecule has 0 saturated carbocycles. The number of nitrogens with zero attached hydrogens (tertiary/aromatic N) is 3. The molecule has 0 aliphatic carbocycles. The Balaban J connectivity index is 1.97. The van der Waals surface area contributed by atoms with Crippen LogP contribution < -0.4 is 9.64 Å². The van der Waals surface area contributed by atoms with E-state index in [0.29, 0.717) is 13.2 Å². The van der Waals surface area contributed by atoms with E-state index in [-0.39, 0.29) is 11.8 Å². The lowest BCUT2D eigenvalue weighted by Gasteiger charge is -2.36. The average molecular weight is 307 g/mol. The van der Waals surface area contributed by atoms with Gasteiger partial charge in [0.25, 0.3) is 0 Å². The smallest absolute Gasteiger partial charge is 0.225 e. The van der Waals surface area contributed by atoms with E-state index >= 15 is 0 Å². The molecule has 6 heteroatoms. The van der Waals surface area contributed by atoms with Crippen LogP contribution in [0.4, 0.5) is 5.82 Å². The summed E-state index contributed by atoms with van der Waals surface area (Å²) in [5.41, 5.74) is 0. The van der Waals surface area contributed by atoms with Crippen LogP contribution in [-0.2, 0) is 9.53 Å². The van der Waals surface area contributed by atoms with Crippen molar-refractivity contribution in [2.75, 3.05) is 51.4 Å². The topological polar surface area (TPSA) is 54.9 Å². The van der Waals surface area contributed by atoms with Crippen LogP contribution in [0, 0.1) is 5.92 Å². The average Bonchev–Trinajstić information content (AvgIpc) is 2.55. The molecule has 0 unspecified atom stereocenters. The minimum Gasteiger partial charge on any atom is -0.487 e. The summed E-state index contributed by atoms with van der Waals surface area (Å²) >= 11 is 0. The van der Waals surface area contributed by atoms with E-state index in [0.717, 1.165) is 37.7 Å². The van der Waals surface area contributed by atoms with Crippen molar-refractivity contribution < 1.29 is 14.3 Å². The van der Waals surface area contributed by atoms with Gasteiger partial charge in [-0.2, -0.15) is 0 Å². The standard InChI is InChI=1S/C16H25N3O3/c1-13(2)16(20)19-9-7-18(8-10-19)15-14(5-4-6-17-15)22-12-11-21-3/h4-6,13H,7-12H2,1-3H3. The van der Waals surface area contributed by atoms with E-state index in [2.05, 4.69) is 9.88 Å². The molecule has 0 spiro atoms. The number of anilines is 1. The summed E-state index contributed by atoms with van der Waals surface area (Å²) < 4.78 is 10.7. The Kier molecular flexibility index (Phi) is 6.00. The van der Waals surface area contributed by atoms with Crippen molar-refractivity contribution in [3.63, 3.8) is 0 Å². The molecule has 1 amide bonds. The van der Waals surface area contributed by atoms with Crippen LogP contribution in [0.15, 0.2) is 18.3 Å². The van der Waals surface area contributed by atoms with Gasteiger partial charge in [0, 0.05) is 45.4 Å². The van der Waals surface area contributed by atoms with E-state index in [9.17, 15) is 4.79 Å². The summed E-state index contributed by atoms with van der Waals surface area (Å²) in [4.78, 5) is 20.6. The number of hydrogen-bond donors (Lipinski definition) is 0. The van der Waals surface area contributed by atoms with Crippen LogP contribution >= 0.6 is 0 Å². The monoisotopic (exact) mass is 307 g/mol. The summed E-state index contributed by atoms with van der Waals surface area (Å²) in [6.07, 6.45) is 1.77. The second-order valence-corrected chi connectivity index (χ2v) is 5.63. The van der Waals surface area contributed by atoms with Crippen LogP contribution in [0.5, 0.6) is 5.75 Å². The summed E-state index contributed by atoms with van der Waals surface area (Å²) in [6, 6.07) is 3.79. The normalized spacial score (nSPS) is 15.3. The third kappa shape index (κ3) is 4.10. The van der Waals surface area contributed by atoms with Crippen molar-refractivity contribution in [3.8, 4) is 5.75 Å². The van der Waals surface area contributed by atoms with Crippen LogP contribution in [0.2, 0.25) is 0 Å². The molecule has 0 atom stereocenters. The summed E-state index contributed by atoms with van der Waals surface area (Å²) in [5.74, 6) is 1.88. The molecule has 1 saturated heterocycles. The number of amides is 1. The van der Waals surface area contributed by atoms with Gasteiger partial charge in [-0.05, 0) is 12.1 Å². The van der Waals surface area contributed by atoms with Crippen molar-refractivity contribution in [3.05, 3.63) is 18.3 Å². The molecule has 1 fully saturated rings. The first-order chi connectivity index (χ1) is 10.6. The lowest BCUT2D eigenvalue weighted by molar-refractivity contribution is -0.134. The third-order valence-corrected chi connectivity index (χ3v) is 3.68. The van der Waals surface area contributed by atoms with Gasteiger partial charge < -0.3 is 19.3 Å². The molecule has 0 N–H and O–H groups in total. The zero-order chi connectivity index (χ0) is 15.9. The largest absolute Gasteiger partial charge is 0.487 e. The maximum Gasteiger partial charge on any atom is 0.225 e. The zero-order valence-electron chi connectivity index (χ0n) is 13.6. The Hall–Kier alpha value is -1.82. The Bertz CT molecular complexity index is 485. The molecule has 122 valence electrons. The van der Waals surface area contributed by atoms with Crippen LogP contribution in [0.1, 0.15) is 13.8 Å². The highest BCUT2D eigenvalue weighted by Crippen LogP contribution is 2.26. The van der Waals surface area contributed by atoms with Crippen molar-refractivity contribution >= 4 is 11.7 Å². The molecule has 1 aromatic rings. The van der Waals surface area contributed by atoms with Gasteiger partial charge in [0.2, 0.25) is 5.91 Å². The quantitative estimate of drug-likeness (QED) is 0.744. The fraction of sp³-hybridized carbons (Fsp3) is 0.625. The van der Waals surface area contributed by atoms with Gasteiger partial charge in [0.15, 0.2) is 11.6 Å². The number of piperazine rings is 1. The molecular formula is C16H25N3O3. The number of hydrogen-bond acceptors (Lipinski definition) is 5. The highest BCUT2D eigenvalue weighted by Gasteiger charge is 2.24. The molecule has 0 radical (unpaired) electrons. The number of carbonyl (C=O) groups excluding carboxylic acids is 1. The van der Waals surface area contributed by atoms with E-state index in [1.54, 1.807) is 13.3 Å². The van der Waals surface area contributed by atoms with Gasteiger partial charge in [0.05, 0.1) is 6.61 Å². The van der Waals surface area contributed by atoms with Gasteiger partial charge in [0.1, 0.15) is 6.61 Å². The predicted molar refractivity (Wildman–Crippen MR) is 85.2 cm³/mol. The molecular weight excluding hydrogens is 282 g/mol. The lowest BCUT2D eigenvalue weighted by atomic mass is 10.1. The fourth-order valence-electron chi connectivity index (χ4n) is 2.47. The van der Waals surface area contributed by atoms with Gasteiger partial charge in [-0.3, -0.25) is 4.79 Å². The van der Waals surface area contributed by atoms with E-state index in [4.69, 9.17) is 9.47 Å². The number of aromatic nitrogens is 1. The summed E-state index contributed by atoms with van der Waals surface area (Å²) in [7, 11) is 1.65. The molecule has 2 rings (SSSR count). The number of rotatable bonds is 6.